The van der Waals surface area contributed by atoms with Crippen molar-refractivity contribution in [1.82, 2.24) is 0 Å². The second kappa shape index (κ2) is 6.55. The maximum Gasteiger partial charge on any atom is 0.125 e. The van der Waals surface area contributed by atoms with Gasteiger partial charge in [0, 0.05) is 5.56 Å². The third-order valence-electron chi connectivity index (χ3n) is 3.20. The van der Waals surface area contributed by atoms with Gasteiger partial charge in [-0.05, 0) is 31.5 Å². The first-order chi connectivity index (χ1) is 9.58. The summed E-state index contributed by atoms with van der Waals surface area (Å²) in [6.07, 6.45) is -1.28. The fourth-order valence-electron chi connectivity index (χ4n) is 2.07. The van der Waals surface area contributed by atoms with Gasteiger partial charge in [0.1, 0.15) is 18.5 Å². The van der Waals surface area contributed by atoms with Crippen LogP contribution in [0.4, 0.5) is 0 Å². The molecular weight excluding hydrogens is 252 g/mol. The summed E-state index contributed by atoms with van der Waals surface area (Å²) in [5, 5.41) is 19.8. The molecule has 2 aromatic rings. The molecule has 0 saturated heterocycles. The summed E-state index contributed by atoms with van der Waals surface area (Å²) >= 11 is 0. The van der Waals surface area contributed by atoms with Gasteiger partial charge in [-0.3, -0.25) is 0 Å². The number of aliphatic hydroxyl groups excluding tert-OH is 2. The van der Waals surface area contributed by atoms with Gasteiger partial charge in [-0.1, -0.05) is 42.0 Å². The Kier molecular flexibility index (Phi) is 4.77. The molecule has 0 aliphatic rings. The predicted molar refractivity (Wildman–Crippen MR) is 78.7 cm³/mol. The van der Waals surface area contributed by atoms with Crippen LogP contribution in [0.2, 0.25) is 0 Å². The van der Waals surface area contributed by atoms with Crippen LogP contribution in [0.1, 0.15) is 35.8 Å². The smallest absolute Gasteiger partial charge is 0.125 e. The quantitative estimate of drug-likeness (QED) is 0.879. The van der Waals surface area contributed by atoms with Gasteiger partial charge in [0.15, 0.2) is 0 Å². The highest BCUT2D eigenvalue weighted by atomic mass is 16.5. The molecule has 0 fully saturated rings. The number of aryl methyl sites for hydroxylation is 1. The second-order valence-corrected chi connectivity index (χ2v) is 4.95. The first-order valence-corrected chi connectivity index (χ1v) is 6.72. The average molecular weight is 272 g/mol. The summed E-state index contributed by atoms with van der Waals surface area (Å²) in [6, 6.07) is 15.0. The largest absolute Gasteiger partial charge is 0.490 e. The predicted octanol–water partition coefficient (Wildman–Crippen LogP) is 3.16. The summed E-state index contributed by atoms with van der Waals surface area (Å²) in [5.74, 6) is 0.612. The van der Waals surface area contributed by atoms with E-state index in [1.807, 2.05) is 55.5 Å². The van der Waals surface area contributed by atoms with Crippen molar-refractivity contribution in [3.05, 3.63) is 65.2 Å². The fourth-order valence-corrected chi connectivity index (χ4v) is 2.07. The Hall–Kier alpha value is -1.84. The van der Waals surface area contributed by atoms with Crippen molar-refractivity contribution in [3.8, 4) is 5.75 Å². The van der Waals surface area contributed by atoms with E-state index in [1.165, 1.54) is 0 Å². The van der Waals surface area contributed by atoms with Crippen LogP contribution < -0.4 is 4.74 Å². The second-order valence-electron chi connectivity index (χ2n) is 4.95. The van der Waals surface area contributed by atoms with Crippen molar-refractivity contribution in [1.29, 1.82) is 0 Å². The summed E-state index contributed by atoms with van der Waals surface area (Å²) in [5.41, 5.74) is 2.63. The molecule has 0 amide bonds. The molecule has 2 aromatic carbocycles. The monoisotopic (exact) mass is 272 g/mol. The van der Waals surface area contributed by atoms with Crippen molar-refractivity contribution >= 4 is 0 Å². The lowest BCUT2D eigenvalue weighted by Crippen LogP contribution is -2.11. The molecule has 0 aliphatic heterocycles. The van der Waals surface area contributed by atoms with E-state index < -0.39 is 12.2 Å². The Morgan fingerprint density at radius 3 is 2.40 bits per heavy atom. The molecule has 3 heteroatoms. The van der Waals surface area contributed by atoms with Crippen molar-refractivity contribution in [3.63, 3.8) is 0 Å². The van der Waals surface area contributed by atoms with Gasteiger partial charge in [-0.15, -0.1) is 0 Å². The molecule has 2 atom stereocenters. The number of rotatable bonds is 5. The molecule has 106 valence electrons. The molecule has 0 radical (unpaired) electrons. The van der Waals surface area contributed by atoms with E-state index in [1.54, 1.807) is 6.92 Å². The first kappa shape index (κ1) is 14.6. The molecule has 0 aromatic heterocycles. The van der Waals surface area contributed by atoms with E-state index in [2.05, 4.69) is 0 Å². The summed E-state index contributed by atoms with van der Waals surface area (Å²) in [4.78, 5) is 0. The molecule has 0 bridgehead atoms. The summed E-state index contributed by atoms with van der Waals surface area (Å²) in [7, 11) is 0. The normalized spacial score (nSPS) is 13.8. The maximum absolute atomic E-state index is 10.1. The Labute approximate surface area is 119 Å². The molecule has 0 spiro atoms. The Morgan fingerprint density at radius 2 is 1.75 bits per heavy atom. The third kappa shape index (κ3) is 3.59. The molecular formula is C17H20O3. The van der Waals surface area contributed by atoms with E-state index in [0.29, 0.717) is 5.75 Å². The highest BCUT2D eigenvalue weighted by Gasteiger charge is 2.12. The van der Waals surface area contributed by atoms with Crippen LogP contribution in [0.25, 0.3) is 0 Å². The standard InChI is InChI=1S/C17H20O3/c1-12-8-9-17(15(10-12)13(2)18)20-11-16(19)14-6-4-3-5-7-14/h3-10,13,16,18-19H,11H2,1-2H3. The first-order valence-electron chi connectivity index (χ1n) is 6.72. The van der Waals surface area contributed by atoms with E-state index in [9.17, 15) is 10.2 Å². The molecule has 2 N–H and O–H groups in total. The molecule has 2 rings (SSSR count). The zero-order chi connectivity index (χ0) is 14.5. The number of benzene rings is 2. The van der Waals surface area contributed by atoms with Crippen LogP contribution in [0, 0.1) is 6.92 Å². The SMILES string of the molecule is Cc1ccc(OCC(O)c2ccccc2)c(C(C)O)c1. The Bertz CT molecular complexity index is 549. The molecule has 20 heavy (non-hydrogen) atoms. The van der Waals surface area contributed by atoms with Crippen LogP contribution in [-0.4, -0.2) is 16.8 Å². The van der Waals surface area contributed by atoms with E-state index >= 15 is 0 Å². The highest BCUT2D eigenvalue weighted by molar-refractivity contribution is 5.38. The van der Waals surface area contributed by atoms with E-state index in [4.69, 9.17) is 4.74 Å². The van der Waals surface area contributed by atoms with Gasteiger partial charge in [-0.2, -0.15) is 0 Å². The molecule has 0 heterocycles. The number of hydrogen-bond acceptors (Lipinski definition) is 3. The minimum Gasteiger partial charge on any atom is -0.490 e. The number of hydrogen-bond donors (Lipinski definition) is 2. The van der Waals surface area contributed by atoms with Gasteiger partial charge in [0.05, 0.1) is 6.10 Å². The lowest BCUT2D eigenvalue weighted by Gasteiger charge is -2.17. The lowest BCUT2D eigenvalue weighted by molar-refractivity contribution is 0.105. The molecule has 2 unspecified atom stereocenters. The lowest BCUT2D eigenvalue weighted by atomic mass is 10.1. The molecule has 3 nitrogen and oxygen atoms in total. The van der Waals surface area contributed by atoms with Crippen molar-refractivity contribution in [2.45, 2.75) is 26.1 Å². The zero-order valence-corrected chi connectivity index (χ0v) is 11.8. The van der Waals surface area contributed by atoms with Gasteiger partial charge in [0.25, 0.3) is 0 Å². The maximum atomic E-state index is 10.1. The van der Waals surface area contributed by atoms with Crippen LogP contribution >= 0.6 is 0 Å². The van der Waals surface area contributed by atoms with Gasteiger partial charge < -0.3 is 14.9 Å². The topological polar surface area (TPSA) is 49.7 Å². The molecule has 0 aliphatic carbocycles. The van der Waals surface area contributed by atoms with Crippen molar-refractivity contribution < 1.29 is 14.9 Å². The Morgan fingerprint density at radius 1 is 1.05 bits per heavy atom. The summed E-state index contributed by atoms with van der Waals surface area (Å²) < 4.78 is 5.66. The van der Waals surface area contributed by atoms with Gasteiger partial charge in [-0.25, -0.2) is 0 Å². The Balaban J connectivity index is 2.08. The van der Waals surface area contributed by atoms with E-state index in [-0.39, 0.29) is 6.61 Å². The average Bonchev–Trinajstić information content (AvgIpc) is 2.46. The fraction of sp³-hybridized carbons (Fsp3) is 0.294. The zero-order valence-electron chi connectivity index (χ0n) is 11.8. The number of aliphatic hydroxyl groups is 2. The van der Waals surface area contributed by atoms with Gasteiger partial charge in [0.2, 0.25) is 0 Å². The van der Waals surface area contributed by atoms with Crippen LogP contribution in [0.5, 0.6) is 5.75 Å². The van der Waals surface area contributed by atoms with Crippen molar-refractivity contribution in [2.75, 3.05) is 6.61 Å². The minimum absolute atomic E-state index is 0.160. The van der Waals surface area contributed by atoms with Crippen molar-refractivity contribution in [2.24, 2.45) is 0 Å². The molecule has 0 saturated carbocycles. The van der Waals surface area contributed by atoms with Crippen LogP contribution in [0.3, 0.4) is 0 Å². The van der Waals surface area contributed by atoms with E-state index in [0.717, 1.165) is 16.7 Å². The van der Waals surface area contributed by atoms with Gasteiger partial charge >= 0.3 is 0 Å². The third-order valence-corrected chi connectivity index (χ3v) is 3.20. The highest BCUT2D eigenvalue weighted by Crippen LogP contribution is 2.27. The number of ether oxygens (including phenoxy) is 1. The van der Waals surface area contributed by atoms with Crippen LogP contribution in [0.15, 0.2) is 48.5 Å². The van der Waals surface area contributed by atoms with Crippen LogP contribution in [-0.2, 0) is 0 Å². The summed E-state index contributed by atoms with van der Waals surface area (Å²) in [6.45, 7) is 3.83. The minimum atomic E-state index is -0.681.